The maximum atomic E-state index is 13.2. The summed E-state index contributed by atoms with van der Waals surface area (Å²) in [7, 11) is 2.13. The number of fused-ring (bicyclic) bond motifs is 3. The van der Waals surface area contributed by atoms with E-state index in [1.807, 2.05) is 36.4 Å². The summed E-state index contributed by atoms with van der Waals surface area (Å²) >= 11 is 0. The summed E-state index contributed by atoms with van der Waals surface area (Å²) in [5.74, 6) is -0.357. The van der Waals surface area contributed by atoms with Gasteiger partial charge in [0.2, 0.25) is 11.2 Å². The Balaban J connectivity index is 0.855. The van der Waals surface area contributed by atoms with Crippen molar-refractivity contribution < 1.29 is 14.2 Å². The first kappa shape index (κ1) is 29.1. The number of imide groups is 1. The van der Waals surface area contributed by atoms with Crippen LogP contribution >= 0.6 is 0 Å². The second-order valence-corrected chi connectivity index (χ2v) is 12.6. The van der Waals surface area contributed by atoms with E-state index in [9.17, 15) is 9.59 Å². The fraction of sp³-hybridized carbons (Fsp3) is 0.195. The fourth-order valence-corrected chi connectivity index (χ4v) is 7.28. The summed E-state index contributed by atoms with van der Waals surface area (Å²) in [5.41, 5.74) is 6.05. The van der Waals surface area contributed by atoms with Crippen molar-refractivity contribution in [1.29, 1.82) is 0 Å². The van der Waals surface area contributed by atoms with Gasteiger partial charge in [0, 0.05) is 73.1 Å². The number of aryl methyl sites for hydroxylation is 1. The van der Waals surface area contributed by atoms with Crippen molar-refractivity contribution in [2.24, 2.45) is 7.05 Å². The molecule has 2 aliphatic heterocycles. The first-order chi connectivity index (χ1) is 23.0. The molecule has 6 heteroatoms. The smallest absolute Gasteiger partial charge is 0.261 e. The van der Waals surface area contributed by atoms with Crippen LogP contribution in [0.2, 0.25) is 0 Å². The molecule has 0 atom stereocenters. The van der Waals surface area contributed by atoms with Crippen LogP contribution in [0.5, 0.6) is 0 Å². The predicted molar refractivity (Wildman–Crippen MR) is 191 cm³/mol. The van der Waals surface area contributed by atoms with Crippen LogP contribution < -0.4 is 9.47 Å². The number of nitrogens with zero attached hydrogens (tertiary/aromatic N) is 4. The highest BCUT2D eigenvalue weighted by atomic mass is 16.2. The maximum Gasteiger partial charge on any atom is 0.261 e. The summed E-state index contributed by atoms with van der Waals surface area (Å²) in [6, 6.07) is 37.6. The van der Waals surface area contributed by atoms with E-state index in [4.69, 9.17) is 0 Å². The first-order valence-corrected chi connectivity index (χ1v) is 16.5. The van der Waals surface area contributed by atoms with E-state index in [-0.39, 0.29) is 11.8 Å². The van der Waals surface area contributed by atoms with Gasteiger partial charge in [-0.3, -0.25) is 19.4 Å². The van der Waals surface area contributed by atoms with E-state index in [1.165, 1.54) is 37.8 Å². The fourth-order valence-electron chi connectivity index (χ4n) is 7.28. The zero-order valence-corrected chi connectivity index (χ0v) is 26.6. The van der Waals surface area contributed by atoms with Crippen LogP contribution in [0.1, 0.15) is 38.4 Å². The Hall–Kier alpha value is -5.33. The van der Waals surface area contributed by atoms with Crippen molar-refractivity contribution in [3.8, 4) is 0 Å². The van der Waals surface area contributed by atoms with Crippen molar-refractivity contribution in [2.45, 2.75) is 6.42 Å². The normalized spacial score (nSPS) is 15.5. The third kappa shape index (κ3) is 5.34. The molecular weight excluding hydrogens is 580 g/mol. The van der Waals surface area contributed by atoms with Crippen LogP contribution in [0.15, 0.2) is 109 Å². The topological polar surface area (TPSA) is 47.7 Å². The van der Waals surface area contributed by atoms with E-state index in [2.05, 4.69) is 106 Å². The van der Waals surface area contributed by atoms with E-state index in [0.717, 1.165) is 55.6 Å². The molecule has 2 amide bonds. The molecule has 47 heavy (non-hydrogen) atoms. The molecule has 0 spiro atoms. The number of hydrogen-bond donors (Lipinski definition) is 0. The SMILES string of the molecule is C[n+]1c(/C=C/c2ccc(N3CCN(CCCN4C(=O)c5cccc6cccc(c56)C4=O)CC3)cc2)ccc2c3ccccc3ccc21. The maximum absolute atomic E-state index is 13.2. The van der Waals surface area contributed by atoms with E-state index in [0.29, 0.717) is 17.7 Å². The van der Waals surface area contributed by atoms with Gasteiger partial charge in [-0.1, -0.05) is 60.7 Å². The Bertz CT molecular complexity index is 2150. The van der Waals surface area contributed by atoms with Crippen LogP contribution in [0, 0.1) is 0 Å². The van der Waals surface area contributed by atoms with Gasteiger partial charge in [0.15, 0.2) is 0 Å². The number of carbonyl (C=O) groups excluding carboxylic acids is 2. The zero-order valence-electron chi connectivity index (χ0n) is 26.6. The lowest BCUT2D eigenvalue weighted by Crippen LogP contribution is -2.47. The number of piperazine rings is 1. The molecule has 1 fully saturated rings. The minimum absolute atomic E-state index is 0.178. The number of pyridine rings is 1. The molecule has 0 saturated carbocycles. The van der Waals surface area contributed by atoms with E-state index < -0.39 is 0 Å². The summed E-state index contributed by atoms with van der Waals surface area (Å²) in [4.78, 5) is 32.7. The highest BCUT2D eigenvalue weighted by molar-refractivity contribution is 6.25. The Kier molecular flexibility index (Phi) is 7.50. The number of hydrogen-bond acceptors (Lipinski definition) is 4. The second-order valence-electron chi connectivity index (χ2n) is 12.6. The summed E-state index contributed by atoms with van der Waals surface area (Å²) < 4.78 is 2.26. The minimum Gasteiger partial charge on any atom is -0.369 e. The van der Waals surface area contributed by atoms with Crippen LogP contribution in [-0.4, -0.2) is 60.9 Å². The predicted octanol–water partition coefficient (Wildman–Crippen LogP) is 6.95. The number of aromatic nitrogens is 1. The molecule has 0 unspecified atom stereocenters. The van der Waals surface area contributed by atoms with Gasteiger partial charge in [-0.2, -0.15) is 4.57 Å². The van der Waals surface area contributed by atoms with Crippen LogP contribution in [0.3, 0.4) is 0 Å². The van der Waals surface area contributed by atoms with Crippen molar-refractivity contribution in [3.05, 3.63) is 132 Å². The molecule has 0 aliphatic carbocycles. The number of amides is 2. The molecule has 2 aliphatic rings. The molecule has 1 aromatic heterocycles. The van der Waals surface area contributed by atoms with Gasteiger partial charge in [0.1, 0.15) is 7.05 Å². The zero-order chi connectivity index (χ0) is 31.9. The number of carbonyl (C=O) groups is 2. The van der Waals surface area contributed by atoms with Crippen LogP contribution in [0.25, 0.3) is 44.6 Å². The molecule has 0 N–H and O–H groups in total. The molecule has 0 bridgehead atoms. The first-order valence-electron chi connectivity index (χ1n) is 16.5. The molecule has 8 rings (SSSR count). The summed E-state index contributed by atoms with van der Waals surface area (Å²) in [5, 5.41) is 5.54. The lowest BCUT2D eigenvalue weighted by Gasteiger charge is -2.36. The van der Waals surface area contributed by atoms with Crippen molar-refractivity contribution in [2.75, 3.05) is 44.2 Å². The van der Waals surface area contributed by atoms with Crippen molar-refractivity contribution in [1.82, 2.24) is 9.80 Å². The van der Waals surface area contributed by atoms with Gasteiger partial charge < -0.3 is 4.90 Å². The molecule has 1 saturated heterocycles. The molecule has 3 heterocycles. The Morgan fingerprint density at radius 2 is 1.34 bits per heavy atom. The number of benzene rings is 5. The van der Waals surface area contributed by atoms with Gasteiger partial charge in [-0.05, 0) is 77.2 Å². The van der Waals surface area contributed by atoms with Gasteiger partial charge in [0.25, 0.3) is 11.8 Å². The van der Waals surface area contributed by atoms with Crippen LogP contribution in [0.4, 0.5) is 5.69 Å². The molecule has 0 radical (unpaired) electrons. The number of rotatable bonds is 7. The van der Waals surface area contributed by atoms with Gasteiger partial charge in [-0.25, -0.2) is 0 Å². The molecular formula is C41H37N4O2+. The Morgan fingerprint density at radius 1 is 0.638 bits per heavy atom. The Morgan fingerprint density at radius 3 is 2.09 bits per heavy atom. The molecule has 6 aromatic rings. The average molecular weight is 618 g/mol. The van der Waals surface area contributed by atoms with Gasteiger partial charge in [-0.15, -0.1) is 0 Å². The lowest BCUT2D eigenvalue weighted by atomic mass is 9.94. The molecule has 232 valence electrons. The highest BCUT2D eigenvalue weighted by Crippen LogP contribution is 2.30. The Labute approximate surface area is 274 Å². The van der Waals surface area contributed by atoms with E-state index in [1.54, 1.807) is 0 Å². The van der Waals surface area contributed by atoms with Crippen LogP contribution in [-0.2, 0) is 7.05 Å². The molecule has 6 nitrogen and oxygen atoms in total. The standard InChI is InChI=1S/C41H37N4O2/c1-42-32(20-21-35-34-10-3-2-7-30(34)16-22-38(35)42)17-13-29-14-18-33(19-15-29)44-27-25-43(26-28-44)23-6-24-45-40(46)36-11-4-8-31-9-5-12-37(39(31)36)41(45)47/h2-5,7-22H,6,23-28H2,1H3/q+1. The lowest BCUT2D eigenvalue weighted by molar-refractivity contribution is -0.646. The monoisotopic (exact) mass is 617 g/mol. The van der Waals surface area contributed by atoms with Gasteiger partial charge >= 0.3 is 0 Å². The highest BCUT2D eigenvalue weighted by Gasteiger charge is 2.32. The van der Waals surface area contributed by atoms with Crippen molar-refractivity contribution in [3.63, 3.8) is 0 Å². The minimum atomic E-state index is -0.178. The summed E-state index contributed by atoms with van der Waals surface area (Å²) in [6.45, 7) is 5.12. The van der Waals surface area contributed by atoms with E-state index >= 15 is 0 Å². The average Bonchev–Trinajstić information content (AvgIpc) is 3.12. The number of anilines is 1. The largest absolute Gasteiger partial charge is 0.369 e. The molecule has 5 aromatic carbocycles. The third-order valence-corrected chi connectivity index (χ3v) is 9.91. The van der Waals surface area contributed by atoms with Crippen molar-refractivity contribution >= 4 is 62.1 Å². The third-order valence-electron chi connectivity index (χ3n) is 9.91. The van der Waals surface area contributed by atoms with Gasteiger partial charge in [0.05, 0.1) is 5.39 Å². The second kappa shape index (κ2) is 12.1. The summed E-state index contributed by atoms with van der Waals surface area (Å²) in [6.07, 6.45) is 5.13. The quantitative estimate of drug-likeness (QED) is 0.111.